The second kappa shape index (κ2) is 3.21. The summed E-state index contributed by atoms with van der Waals surface area (Å²) in [6.45, 7) is 2.19. The fraction of sp³-hybridized carbons (Fsp3) is 0.750. The Morgan fingerprint density at radius 2 is 2.36 bits per heavy atom. The third-order valence-corrected chi connectivity index (χ3v) is 2.66. The molecular formula is C8H13N3O3. The Hall–Kier alpha value is -1.14. The molecule has 0 bridgehead atoms. The summed E-state index contributed by atoms with van der Waals surface area (Å²) in [5.74, 6) is -1.47. The number of hydrogen-bond donors (Lipinski definition) is 3. The molecule has 3 unspecified atom stereocenters. The normalized spacial score (nSPS) is 37.1. The lowest BCUT2D eigenvalue weighted by Gasteiger charge is -2.34. The van der Waals surface area contributed by atoms with Crippen molar-refractivity contribution >= 4 is 11.9 Å². The van der Waals surface area contributed by atoms with Crippen LogP contribution in [0.5, 0.6) is 0 Å². The van der Waals surface area contributed by atoms with E-state index in [1.807, 2.05) is 6.92 Å². The Labute approximate surface area is 81.2 Å². The maximum Gasteiger partial charge on any atom is 0.311 e. The molecule has 3 atom stereocenters. The van der Waals surface area contributed by atoms with Crippen molar-refractivity contribution < 1.29 is 14.7 Å². The third kappa shape index (κ3) is 1.36. The van der Waals surface area contributed by atoms with Gasteiger partial charge in [-0.1, -0.05) is 0 Å². The van der Waals surface area contributed by atoms with E-state index in [1.54, 1.807) is 0 Å². The molecule has 0 spiro atoms. The molecule has 6 heteroatoms. The Morgan fingerprint density at radius 3 is 3.00 bits per heavy atom. The molecule has 6 nitrogen and oxygen atoms in total. The fourth-order valence-corrected chi connectivity index (χ4v) is 1.95. The molecule has 1 amide bonds. The number of carboxylic acid groups (broad SMARTS) is 1. The van der Waals surface area contributed by atoms with Crippen molar-refractivity contribution in [3.8, 4) is 0 Å². The zero-order valence-corrected chi connectivity index (χ0v) is 7.86. The minimum absolute atomic E-state index is 0.0370. The summed E-state index contributed by atoms with van der Waals surface area (Å²) in [4.78, 5) is 22.3. The van der Waals surface area contributed by atoms with Crippen molar-refractivity contribution in [1.29, 1.82) is 0 Å². The monoisotopic (exact) mass is 199 g/mol. The average molecular weight is 199 g/mol. The van der Waals surface area contributed by atoms with Crippen molar-refractivity contribution in [2.24, 2.45) is 5.92 Å². The molecule has 2 rings (SSSR count). The molecule has 0 aromatic rings. The van der Waals surface area contributed by atoms with Crippen molar-refractivity contribution in [1.82, 2.24) is 15.8 Å². The van der Waals surface area contributed by atoms with Crippen LogP contribution in [0.4, 0.5) is 0 Å². The number of fused-ring (bicyclic) bond motifs is 1. The van der Waals surface area contributed by atoms with Gasteiger partial charge in [0.1, 0.15) is 12.1 Å². The number of nitrogens with zero attached hydrogens (tertiary/aromatic N) is 1. The first-order valence-corrected chi connectivity index (χ1v) is 4.64. The largest absolute Gasteiger partial charge is 0.481 e. The highest BCUT2D eigenvalue weighted by molar-refractivity contribution is 5.80. The van der Waals surface area contributed by atoms with E-state index in [2.05, 4.69) is 10.7 Å². The highest BCUT2D eigenvalue weighted by Crippen LogP contribution is 2.20. The smallest absolute Gasteiger partial charge is 0.311 e. The summed E-state index contributed by atoms with van der Waals surface area (Å²) in [5, 5.41) is 13.4. The van der Waals surface area contributed by atoms with Crippen LogP contribution in [0.2, 0.25) is 0 Å². The average Bonchev–Trinajstić information content (AvgIpc) is 2.47. The second-order valence-electron chi connectivity index (χ2n) is 3.79. The summed E-state index contributed by atoms with van der Waals surface area (Å²) >= 11 is 0. The van der Waals surface area contributed by atoms with Crippen LogP contribution in [0.25, 0.3) is 0 Å². The van der Waals surface area contributed by atoms with Crippen molar-refractivity contribution in [3.05, 3.63) is 0 Å². The molecule has 0 radical (unpaired) electrons. The SMILES string of the molecule is CC1CC(=O)N2NCC(C(=O)O)C2N1. The first-order valence-electron chi connectivity index (χ1n) is 4.64. The van der Waals surface area contributed by atoms with E-state index < -0.39 is 18.1 Å². The first kappa shape index (κ1) is 9.42. The summed E-state index contributed by atoms with van der Waals surface area (Å²) in [6.07, 6.45) is 0.0132. The molecule has 14 heavy (non-hydrogen) atoms. The van der Waals surface area contributed by atoms with E-state index in [4.69, 9.17) is 5.11 Å². The molecule has 2 aliphatic heterocycles. The molecule has 3 N–H and O–H groups in total. The van der Waals surface area contributed by atoms with E-state index in [0.717, 1.165) is 0 Å². The molecule has 0 aliphatic carbocycles. The number of nitrogens with one attached hydrogen (secondary N) is 2. The third-order valence-electron chi connectivity index (χ3n) is 2.66. The number of aliphatic carboxylic acids is 1. The van der Waals surface area contributed by atoms with E-state index in [9.17, 15) is 9.59 Å². The van der Waals surface area contributed by atoms with Crippen LogP contribution in [0.3, 0.4) is 0 Å². The summed E-state index contributed by atoms with van der Waals surface area (Å²) in [7, 11) is 0. The second-order valence-corrected chi connectivity index (χ2v) is 3.79. The standard InChI is InChI=1S/C8H13N3O3/c1-4-2-6(12)11-7(10-4)5(3-9-11)8(13)14/h4-5,7,9-10H,2-3H2,1H3,(H,13,14). The molecular weight excluding hydrogens is 186 g/mol. The van der Waals surface area contributed by atoms with E-state index in [-0.39, 0.29) is 11.9 Å². The van der Waals surface area contributed by atoms with Gasteiger partial charge in [-0.15, -0.1) is 0 Å². The minimum atomic E-state index is -0.876. The molecule has 2 fully saturated rings. The van der Waals surface area contributed by atoms with E-state index >= 15 is 0 Å². The van der Waals surface area contributed by atoms with Crippen LogP contribution in [0.15, 0.2) is 0 Å². The number of carboxylic acids is 1. The Kier molecular flexibility index (Phi) is 2.16. The molecule has 0 aromatic carbocycles. The van der Waals surface area contributed by atoms with Gasteiger partial charge in [0.05, 0.1) is 0 Å². The maximum atomic E-state index is 11.5. The number of carbonyl (C=O) groups is 2. The van der Waals surface area contributed by atoms with E-state index in [0.29, 0.717) is 13.0 Å². The number of hydrazine groups is 1. The number of carbonyl (C=O) groups excluding carboxylic acids is 1. The predicted molar refractivity (Wildman–Crippen MR) is 47.0 cm³/mol. The molecule has 2 aliphatic rings. The van der Waals surface area contributed by atoms with Crippen molar-refractivity contribution in [3.63, 3.8) is 0 Å². The lowest BCUT2D eigenvalue weighted by molar-refractivity contribution is -0.146. The van der Waals surface area contributed by atoms with Gasteiger partial charge in [-0.25, -0.2) is 5.43 Å². The highest BCUT2D eigenvalue weighted by atomic mass is 16.4. The number of amides is 1. The quantitative estimate of drug-likeness (QED) is 0.491. The highest BCUT2D eigenvalue weighted by Gasteiger charge is 2.44. The van der Waals surface area contributed by atoms with Crippen molar-refractivity contribution in [2.75, 3.05) is 6.54 Å². The van der Waals surface area contributed by atoms with Gasteiger partial charge in [-0.05, 0) is 6.92 Å². The minimum Gasteiger partial charge on any atom is -0.481 e. The Morgan fingerprint density at radius 1 is 1.64 bits per heavy atom. The van der Waals surface area contributed by atoms with Crippen LogP contribution in [0, 0.1) is 5.92 Å². The molecule has 2 heterocycles. The van der Waals surface area contributed by atoms with Gasteiger partial charge in [-0.2, -0.15) is 0 Å². The lowest BCUT2D eigenvalue weighted by atomic mass is 10.0. The molecule has 0 saturated carbocycles. The first-order chi connectivity index (χ1) is 6.59. The zero-order chi connectivity index (χ0) is 10.3. The summed E-state index contributed by atoms with van der Waals surface area (Å²) in [6, 6.07) is 0.0468. The van der Waals surface area contributed by atoms with Gasteiger partial charge in [0.2, 0.25) is 5.91 Å². The summed E-state index contributed by atoms with van der Waals surface area (Å²) in [5.41, 5.74) is 2.80. The van der Waals surface area contributed by atoms with Crippen LogP contribution < -0.4 is 10.7 Å². The van der Waals surface area contributed by atoms with Crippen molar-refractivity contribution in [2.45, 2.75) is 25.6 Å². The van der Waals surface area contributed by atoms with Crippen LogP contribution in [0.1, 0.15) is 13.3 Å². The topological polar surface area (TPSA) is 81.7 Å². The summed E-state index contributed by atoms with van der Waals surface area (Å²) < 4.78 is 0. The molecule has 2 saturated heterocycles. The maximum absolute atomic E-state index is 11.5. The molecule has 0 aromatic heterocycles. The van der Waals surface area contributed by atoms with Gasteiger partial charge in [-0.3, -0.25) is 19.9 Å². The molecule has 78 valence electrons. The van der Waals surface area contributed by atoms with Gasteiger partial charge in [0.15, 0.2) is 0 Å². The van der Waals surface area contributed by atoms with Gasteiger partial charge in [0, 0.05) is 19.0 Å². The number of rotatable bonds is 1. The zero-order valence-electron chi connectivity index (χ0n) is 7.86. The fourth-order valence-electron chi connectivity index (χ4n) is 1.95. The van der Waals surface area contributed by atoms with Gasteiger partial charge < -0.3 is 5.11 Å². The van der Waals surface area contributed by atoms with Crippen LogP contribution in [-0.4, -0.2) is 40.7 Å². The Bertz CT molecular complexity index is 275. The van der Waals surface area contributed by atoms with Gasteiger partial charge in [0.25, 0.3) is 0 Å². The lowest BCUT2D eigenvalue weighted by Crippen LogP contribution is -2.59. The predicted octanol–water partition coefficient (Wildman–Crippen LogP) is -1.26. The van der Waals surface area contributed by atoms with Crippen LogP contribution >= 0.6 is 0 Å². The number of hydrogen-bond acceptors (Lipinski definition) is 4. The Balaban J connectivity index is 2.17. The van der Waals surface area contributed by atoms with E-state index in [1.165, 1.54) is 5.01 Å². The van der Waals surface area contributed by atoms with Gasteiger partial charge >= 0.3 is 5.97 Å². The van der Waals surface area contributed by atoms with Crippen LogP contribution in [-0.2, 0) is 9.59 Å².